The predicted molar refractivity (Wildman–Crippen MR) is 137 cm³/mol. The molecular weight excluding hydrogens is 496 g/mol. The normalized spacial score (nSPS) is 13.5. The third-order valence-electron chi connectivity index (χ3n) is 5.97. The Labute approximate surface area is 210 Å². The average Bonchev–Trinajstić information content (AvgIpc) is 3.33. The first kappa shape index (κ1) is 26.3. The minimum Gasteiger partial charge on any atom is -0.491 e. The largest absolute Gasteiger partial charge is 0.491 e. The molecule has 0 radical (unpaired) electrons. The Morgan fingerprint density at radius 1 is 1.00 bits per heavy atom. The van der Waals surface area contributed by atoms with Gasteiger partial charge in [0.1, 0.15) is 30.8 Å². The van der Waals surface area contributed by atoms with Gasteiger partial charge in [-0.1, -0.05) is 51.8 Å². The van der Waals surface area contributed by atoms with E-state index in [0.29, 0.717) is 13.2 Å². The number of rotatable bonds is 13. The average molecular weight is 531 g/mol. The van der Waals surface area contributed by atoms with E-state index >= 15 is 0 Å². The van der Waals surface area contributed by atoms with Crippen molar-refractivity contribution in [3.8, 4) is 11.5 Å². The molecule has 2 atom stereocenters. The molecule has 1 heterocycles. The van der Waals surface area contributed by atoms with E-state index in [9.17, 15) is 10.2 Å². The molecule has 34 heavy (non-hydrogen) atoms. The quantitative estimate of drug-likeness (QED) is 0.311. The maximum atomic E-state index is 10.2. The van der Waals surface area contributed by atoms with E-state index in [-0.39, 0.29) is 12.0 Å². The van der Waals surface area contributed by atoms with Crippen LogP contribution in [0.2, 0.25) is 0 Å². The maximum absolute atomic E-state index is 10.2. The molecule has 3 rings (SSSR count). The van der Waals surface area contributed by atoms with E-state index < -0.39 is 12.2 Å². The van der Waals surface area contributed by atoms with Crippen molar-refractivity contribution in [2.24, 2.45) is 0 Å². The van der Waals surface area contributed by atoms with Crippen molar-refractivity contribution in [1.82, 2.24) is 9.55 Å². The molecule has 0 amide bonds. The number of aromatic nitrogens is 2. The van der Waals surface area contributed by atoms with Gasteiger partial charge in [-0.15, -0.1) is 0 Å². The molecule has 184 valence electrons. The third kappa shape index (κ3) is 7.32. The van der Waals surface area contributed by atoms with Crippen LogP contribution < -0.4 is 9.47 Å². The Morgan fingerprint density at radius 2 is 1.71 bits per heavy atom. The van der Waals surface area contributed by atoms with Crippen molar-refractivity contribution < 1.29 is 19.7 Å². The van der Waals surface area contributed by atoms with E-state index in [2.05, 4.69) is 66.0 Å². The Kier molecular flexibility index (Phi) is 9.56. The van der Waals surface area contributed by atoms with Crippen LogP contribution in [-0.2, 0) is 12.0 Å². The van der Waals surface area contributed by atoms with Gasteiger partial charge in [-0.2, -0.15) is 0 Å². The number of aliphatic hydroxyl groups is 2. The van der Waals surface area contributed by atoms with Crippen molar-refractivity contribution in [3.05, 3.63) is 76.8 Å². The highest BCUT2D eigenvalue weighted by Crippen LogP contribution is 2.36. The first-order valence-corrected chi connectivity index (χ1v) is 12.6. The van der Waals surface area contributed by atoms with Crippen LogP contribution in [-0.4, -0.2) is 45.2 Å². The Hall–Kier alpha value is -2.35. The number of hydrogen-bond acceptors (Lipinski definition) is 5. The SMILES string of the molecule is CCCCC(O)COc1ccc(C(C)(C)c2ccc(OCC(O)Cn3ccnc3)cc2)cc1Br. The first-order chi connectivity index (χ1) is 16.3. The summed E-state index contributed by atoms with van der Waals surface area (Å²) in [5.41, 5.74) is 2.05. The van der Waals surface area contributed by atoms with E-state index in [1.807, 2.05) is 29.0 Å². The number of benzene rings is 2. The van der Waals surface area contributed by atoms with Crippen molar-refractivity contribution in [1.29, 1.82) is 0 Å². The topological polar surface area (TPSA) is 76.7 Å². The summed E-state index contributed by atoms with van der Waals surface area (Å²) in [5, 5.41) is 20.2. The summed E-state index contributed by atoms with van der Waals surface area (Å²) in [4.78, 5) is 3.98. The molecule has 1 aromatic heterocycles. The van der Waals surface area contributed by atoms with Gasteiger partial charge in [-0.05, 0) is 57.7 Å². The Bertz CT molecular complexity index is 1010. The van der Waals surface area contributed by atoms with E-state index in [1.54, 1.807) is 12.5 Å². The highest BCUT2D eigenvalue weighted by Gasteiger charge is 2.24. The summed E-state index contributed by atoms with van der Waals surface area (Å²) in [5.74, 6) is 1.45. The molecule has 2 unspecified atom stereocenters. The molecule has 2 N–H and O–H groups in total. The van der Waals surface area contributed by atoms with E-state index in [4.69, 9.17) is 9.47 Å². The summed E-state index contributed by atoms with van der Waals surface area (Å²) in [6.45, 7) is 7.41. The fourth-order valence-corrected chi connectivity index (χ4v) is 4.23. The zero-order chi connectivity index (χ0) is 24.6. The molecule has 0 saturated carbocycles. The monoisotopic (exact) mass is 530 g/mol. The smallest absolute Gasteiger partial charge is 0.133 e. The summed E-state index contributed by atoms with van der Waals surface area (Å²) >= 11 is 3.63. The first-order valence-electron chi connectivity index (χ1n) is 11.8. The van der Waals surface area contributed by atoms with Crippen molar-refractivity contribution >= 4 is 15.9 Å². The van der Waals surface area contributed by atoms with Crippen LogP contribution >= 0.6 is 15.9 Å². The summed E-state index contributed by atoms with van der Waals surface area (Å²) < 4.78 is 14.3. The van der Waals surface area contributed by atoms with Crippen molar-refractivity contribution in [3.63, 3.8) is 0 Å². The second kappa shape index (κ2) is 12.4. The Morgan fingerprint density at radius 3 is 2.35 bits per heavy atom. The second-order valence-electron chi connectivity index (χ2n) is 9.13. The molecule has 0 aliphatic heterocycles. The number of nitrogens with zero attached hydrogens (tertiary/aromatic N) is 2. The molecular formula is C27H35BrN2O4. The number of aliphatic hydroxyl groups excluding tert-OH is 2. The van der Waals surface area contributed by atoms with Gasteiger partial charge in [-0.25, -0.2) is 4.98 Å². The van der Waals surface area contributed by atoms with Crippen LogP contribution in [0, 0.1) is 0 Å². The van der Waals surface area contributed by atoms with Crippen LogP contribution in [0.15, 0.2) is 65.7 Å². The summed E-state index contributed by atoms with van der Waals surface area (Å²) in [6, 6.07) is 14.1. The molecule has 0 spiro atoms. The molecule has 0 fully saturated rings. The number of ether oxygens (including phenoxy) is 2. The van der Waals surface area contributed by atoms with Gasteiger partial charge >= 0.3 is 0 Å². The second-order valence-corrected chi connectivity index (χ2v) is 9.98. The maximum Gasteiger partial charge on any atom is 0.133 e. The zero-order valence-corrected chi connectivity index (χ0v) is 21.7. The van der Waals surface area contributed by atoms with Crippen LogP contribution in [0.5, 0.6) is 11.5 Å². The molecule has 7 heteroatoms. The van der Waals surface area contributed by atoms with Crippen molar-refractivity contribution in [2.75, 3.05) is 13.2 Å². The molecule has 0 bridgehead atoms. The lowest BCUT2D eigenvalue weighted by molar-refractivity contribution is 0.0924. The lowest BCUT2D eigenvalue weighted by atomic mass is 9.78. The van der Waals surface area contributed by atoms with Gasteiger partial charge in [0.25, 0.3) is 0 Å². The number of hydrogen-bond donors (Lipinski definition) is 2. The third-order valence-corrected chi connectivity index (χ3v) is 6.59. The number of unbranched alkanes of at least 4 members (excludes halogenated alkanes) is 1. The van der Waals surface area contributed by atoms with Gasteiger partial charge < -0.3 is 24.3 Å². The van der Waals surface area contributed by atoms with Crippen LogP contribution in [0.3, 0.4) is 0 Å². The standard InChI is InChI=1S/C27H35BrN2O4/c1-4-5-6-22(31)17-34-26-12-9-21(15-25(26)28)27(2,3)20-7-10-24(11-8-20)33-18-23(32)16-30-14-13-29-19-30/h7-15,19,22-23,31-32H,4-6,16-18H2,1-3H3. The lowest BCUT2D eigenvalue weighted by Crippen LogP contribution is -2.23. The summed E-state index contributed by atoms with van der Waals surface area (Å²) in [7, 11) is 0. The van der Waals surface area contributed by atoms with Crippen LogP contribution in [0.25, 0.3) is 0 Å². The number of imidazole rings is 1. The lowest BCUT2D eigenvalue weighted by Gasteiger charge is -2.27. The van der Waals surface area contributed by atoms with Gasteiger partial charge in [0.05, 0.1) is 23.4 Å². The molecule has 2 aromatic carbocycles. The van der Waals surface area contributed by atoms with E-state index in [0.717, 1.165) is 46.4 Å². The highest BCUT2D eigenvalue weighted by atomic mass is 79.9. The van der Waals surface area contributed by atoms with Crippen LogP contribution in [0.4, 0.5) is 0 Å². The molecule has 0 aliphatic carbocycles. The summed E-state index contributed by atoms with van der Waals surface area (Å²) in [6.07, 6.45) is 6.92. The highest BCUT2D eigenvalue weighted by molar-refractivity contribution is 9.10. The molecule has 0 saturated heterocycles. The van der Waals surface area contributed by atoms with Crippen LogP contribution in [0.1, 0.15) is 51.2 Å². The predicted octanol–water partition coefficient (Wildman–Crippen LogP) is 5.34. The molecule has 3 aromatic rings. The van der Waals surface area contributed by atoms with Crippen molar-refractivity contribution in [2.45, 2.75) is 64.2 Å². The van der Waals surface area contributed by atoms with E-state index in [1.165, 1.54) is 0 Å². The van der Waals surface area contributed by atoms with Gasteiger partial charge in [0.15, 0.2) is 0 Å². The van der Waals surface area contributed by atoms with Gasteiger partial charge in [-0.3, -0.25) is 0 Å². The Balaban J connectivity index is 1.58. The molecule has 6 nitrogen and oxygen atoms in total. The number of halogens is 1. The fraction of sp³-hybridized carbons (Fsp3) is 0.444. The zero-order valence-electron chi connectivity index (χ0n) is 20.2. The van der Waals surface area contributed by atoms with Gasteiger partial charge in [0, 0.05) is 17.8 Å². The minimum atomic E-state index is -0.615. The molecule has 0 aliphatic rings. The minimum absolute atomic E-state index is 0.211. The van der Waals surface area contributed by atoms with Gasteiger partial charge in [0.2, 0.25) is 0 Å². The fourth-order valence-electron chi connectivity index (χ4n) is 3.73.